The lowest BCUT2D eigenvalue weighted by atomic mass is 10.1. The summed E-state index contributed by atoms with van der Waals surface area (Å²) in [7, 11) is 3.99. The molecule has 3 aromatic rings. The Bertz CT molecular complexity index is 833. The number of aromatic nitrogens is 3. The first kappa shape index (κ1) is 17.6. The van der Waals surface area contributed by atoms with Crippen LogP contribution in [0.2, 0.25) is 0 Å². The fourth-order valence-electron chi connectivity index (χ4n) is 2.40. The van der Waals surface area contributed by atoms with Gasteiger partial charge in [-0.3, -0.25) is 0 Å². The van der Waals surface area contributed by atoms with Crippen LogP contribution in [-0.4, -0.2) is 35.8 Å². The summed E-state index contributed by atoms with van der Waals surface area (Å²) in [6, 6.07) is 14.4. The molecule has 0 saturated carbocycles. The first-order valence-corrected chi connectivity index (χ1v) is 8.32. The number of halogens is 1. The minimum atomic E-state index is -0.226. The minimum absolute atomic E-state index is 0.226. The van der Waals surface area contributed by atoms with Gasteiger partial charge in [0.05, 0.1) is 6.20 Å². The van der Waals surface area contributed by atoms with Crippen LogP contribution in [0.25, 0.3) is 0 Å². The van der Waals surface area contributed by atoms with Crippen LogP contribution < -0.4 is 15.5 Å². The first-order chi connectivity index (χ1) is 12.6. The number of hydrogen-bond acceptors (Lipinski definition) is 6. The van der Waals surface area contributed by atoms with E-state index in [0.717, 1.165) is 23.4 Å². The van der Waals surface area contributed by atoms with Crippen LogP contribution in [-0.2, 0) is 6.42 Å². The second-order valence-electron chi connectivity index (χ2n) is 6.03. The maximum absolute atomic E-state index is 12.9. The maximum atomic E-state index is 12.9. The normalized spacial score (nSPS) is 10.4. The third-order valence-corrected chi connectivity index (χ3v) is 3.83. The van der Waals surface area contributed by atoms with Gasteiger partial charge in [0.15, 0.2) is 5.82 Å². The Morgan fingerprint density at radius 1 is 1.00 bits per heavy atom. The zero-order valence-electron chi connectivity index (χ0n) is 14.8. The van der Waals surface area contributed by atoms with E-state index in [9.17, 15) is 4.39 Å². The van der Waals surface area contributed by atoms with E-state index in [1.165, 1.54) is 12.1 Å². The number of nitrogens with one attached hydrogen (secondary N) is 2. The van der Waals surface area contributed by atoms with Crippen LogP contribution in [0.4, 0.5) is 27.5 Å². The van der Waals surface area contributed by atoms with Crippen molar-refractivity contribution in [3.8, 4) is 0 Å². The standard InChI is InChI=1S/C19H21FN6/c1-26(2)17-9-7-16(8-10-17)23-19-24-18(13-22-25-19)21-12-11-14-3-5-15(20)6-4-14/h3-10,13H,11-12H2,1-2H3,(H2,21,23,24,25). The molecule has 2 N–H and O–H groups in total. The highest BCUT2D eigenvalue weighted by Crippen LogP contribution is 2.18. The molecule has 0 aliphatic heterocycles. The molecule has 0 unspecified atom stereocenters. The molecule has 3 rings (SSSR count). The summed E-state index contributed by atoms with van der Waals surface area (Å²) < 4.78 is 12.9. The Morgan fingerprint density at radius 3 is 2.42 bits per heavy atom. The van der Waals surface area contributed by atoms with Gasteiger partial charge in [0.2, 0.25) is 5.95 Å². The molecule has 7 heteroatoms. The summed E-state index contributed by atoms with van der Waals surface area (Å²) in [5.41, 5.74) is 3.06. The van der Waals surface area contributed by atoms with Crippen LogP contribution in [0.15, 0.2) is 54.7 Å². The molecule has 0 bridgehead atoms. The summed E-state index contributed by atoms with van der Waals surface area (Å²) in [5.74, 6) is 0.833. The second kappa shape index (κ2) is 8.24. The lowest BCUT2D eigenvalue weighted by Crippen LogP contribution is -2.09. The Labute approximate surface area is 152 Å². The van der Waals surface area contributed by atoms with Gasteiger partial charge >= 0.3 is 0 Å². The van der Waals surface area contributed by atoms with E-state index in [-0.39, 0.29) is 5.82 Å². The summed E-state index contributed by atoms with van der Waals surface area (Å²) in [4.78, 5) is 6.44. The van der Waals surface area contributed by atoms with Crippen molar-refractivity contribution in [1.29, 1.82) is 0 Å². The van der Waals surface area contributed by atoms with Crippen molar-refractivity contribution in [1.82, 2.24) is 15.2 Å². The average Bonchev–Trinajstić information content (AvgIpc) is 2.64. The molecule has 134 valence electrons. The van der Waals surface area contributed by atoms with Crippen LogP contribution in [0.1, 0.15) is 5.56 Å². The zero-order chi connectivity index (χ0) is 18.4. The molecule has 26 heavy (non-hydrogen) atoms. The van der Waals surface area contributed by atoms with E-state index < -0.39 is 0 Å². The lowest BCUT2D eigenvalue weighted by molar-refractivity contribution is 0.627. The SMILES string of the molecule is CN(C)c1ccc(Nc2nncc(NCCc3ccc(F)cc3)n2)cc1. The Kier molecular flexibility index (Phi) is 5.58. The van der Waals surface area contributed by atoms with Gasteiger partial charge in [-0.25, -0.2) is 4.39 Å². The van der Waals surface area contributed by atoms with Crippen LogP contribution >= 0.6 is 0 Å². The van der Waals surface area contributed by atoms with Gasteiger partial charge < -0.3 is 15.5 Å². The van der Waals surface area contributed by atoms with Crippen LogP contribution in [0.5, 0.6) is 0 Å². The molecule has 0 spiro atoms. The third kappa shape index (κ3) is 4.89. The van der Waals surface area contributed by atoms with Gasteiger partial charge in [-0.15, -0.1) is 5.10 Å². The monoisotopic (exact) mass is 352 g/mol. The molecular formula is C19H21FN6. The molecule has 0 atom stereocenters. The van der Waals surface area contributed by atoms with Crippen LogP contribution in [0.3, 0.4) is 0 Å². The van der Waals surface area contributed by atoms with Gasteiger partial charge in [0.1, 0.15) is 5.82 Å². The fourth-order valence-corrected chi connectivity index (χ4v) is 2.40. The van der Waals surface area contributed by atoms with Gasteiger partial charge in [0, 0.05) is 32.0 Å². The number of nitrogens with zero attached hydrogens (tertiary/aromatic N) is 4. The quantitative estimate of drug-likeness (QED) is 0.679. The molecule has 2 aromatic carbocycles. The summed E-state index contributed by atoms with van der Waals surface area (Å²) in [5, 5.41) is 14.3. The molecule has 0 saturated heterocycles. The predicted molar refractivity (Wildman–Crippen MR) is 102 cm³/mol. The smallest absolute Gasteiger partial charge is 0.249 e. The summed E-state index contributed by atoms with van der Waals surface area (Å²) in [6.07, 6.45) is 2.34. The topological polar surface area (TPSA) is 66.0 Å². The van der Waals surface area contributed by atoms with E-state index in [2.05, 4.69) is 25.8 Å². The largest absolute Gasteiger partial charge is 0.378 e. The van der Waals surface area contributed by atoms with Crippen molar-refractivity contribution in [2.24, 2.45) is 0 Å². The highest BCUT2D eigenvalue weighted by atomic mass is 19.1. The highest BCUT2D eigenvalue weighted by Gasteiger charge is 2.03. The summed E-state index contributed by atoms with van der Waals surface area (Å²) in [6.45, 7) is 0.668. The Hall–Kier alpha value is -3.22. The van der Waals surface area contributed by atoms with E-state index in [0.29, 0.717) is 18.3 Å². The second-order valence-corrected chi connectivity index (χ2v) is 6.03. The van der Waals surface area contributed by atoms with Gasteiger partial charge in [-0.2, -0.15) is 10.1 Å². The Morgan fingerprint density at radius 2 is 1.73 bits per heavy atom. The van der Waals surface area contributed by atoms with Crippen molar-refractivity contribution < 1.29 is 4.39 Å². The third-order valence-electron chi connectivity index (χ3n) is 3.83. The number of anilines is 4. The number of hydrogen-bond donors (Lipinski definition) is 2. The molecule has 1 aromatic heterocycles. The van der Waals surface area contributed by atoms with Crippen molar-refractivity contribution in [2.75, 3.05) is 36.2 Å². The number of benzene rings is 2. The van der Waals surface area contributed by atoms with Crippen molar-refractivity contribution in [3.05, 3.63) is 66.1 Å². The maximum Gasteiger partial charge on any atom is 0.249 e. The molecule has 0 radical (unpaired) electrons. The lowest BCUT2D eigenvalue weighted by Gasteiger charge is -2.13. The minimum Gasteiger partial charge on any atom is -0.378 e. The average molecular weight is 352 g/mol. The van der Waals surface area contributed by atoms with Gasteiger partial charge in [-0.05, 0) is 48.4 Å². The zero-order valence-corrected chi connectivity index (χ0v) is 14.8. The summed E-state index contributed by atoms with van der Waals surface area (Å²) >= 11 is 0. The van der Waals surface area contributed by atoms with E-state index >= 15 is 0 Å². The van der Waals surface area contributed by atoms with Gasteiger partial charge in [-0.1, -0.05) is 12.1 Å². The van der Waals surface area contributed by atoms with Crippen LogP contribution in [0, 0.1) is 5.82 Å². The Balaban J connectivity index is 1.56. The van der Waals surface area contributed by atoms with Crippen molar-refractivity contribution >= 4 is 23.1 Å². The molecule has 0 fully saturated rings. The van der Waals surface area contributed by atoms with Crippen molar-refractivity contribution in [2.45, 2.75) is 6.42 Å². The van der Waals surface area contributed by atoms with Crippen molar-refractivity contribution in [3.63, 3.8) is 0 Å². The van der Waals surface area contributed by atoms with E-state index in [4.69, 9.17) is 0 Å². The van der Waals surface area contributed by atoms with E-state index in [1.807, 2.05) is 43.3 Å². The molecule has 0 amide bonds. The molecule has 0 aliphatic rings. The number of rotatable bonds is 7. The fraction of sp³-hybridized carbons (Fsp3) is 0.211. The molecule has 1 heterocycles. The predicted octanol–water partition coefficient (Wildman–Crippen LogP) is 3.47. The van der Waals surface area contributed by atoms with Gasteiger partial charge in [0.25, 0.3) is 0 Å². The van der Waals surface area contributed by atoms with E-state index in [1.54, 1.807) is 18.3 Å². The molecule has 6 nitrogen and oxygen atoms in total. The molecular weight excluding hydrogens is 331 g/mol. The first-order valence-electron chi connectivity index (χ1n) is 8.32. The highest BCUT2D eigenvalue weighted by molar-refractivity contribution is 5.59. The molecule has 0 aliphatic carbocycles.